The summed E-state index contributed by atoms with van der Waals surface area (Å²) in [5, 5.41) is 22.0. The Bertz CT molecular complexity index is 590. The summed E-state index contributed by atoms with van der Waals surface area (Å²) in [6, 6.07) is 5.98. The molecule has 20 heavy (non-hydrogen) atoms. The van der Waals surface area contributed by atoms with Crippen LogP contribution in [0.15, 0.2) is 28.7 Å². The van der Waals surface area contributed by atoms with Crippen LogP contribution in [-0.2, 0) is 4.79 Å². The van der Waals surface area contributed by atoms with Gasteiger partial charge in [-0.3, -0.25) is 14.9 Å². The molecule has 4 atom stereocenters. The highest BCUT2D eigenvalue weighted by molar-refractivity contribution is 9.10. The van der Waals surface area contributed by atoms with Gasteiger partial charge in [-0.05, 0) is 30.9 Å². The summed E-state index contributed by atoms with van der Waals surface area (Å²) in [7, 11) is 0. The van der Waals surface area contributed by atoms with Crippen molar-refractivity contribution in [3.05, 3.63) is 44.4 Å². The maximum absolute atomic E-state index is 12.3. The maximum atomic E-state index is 12.3. The monoisotopic (exact) mass is 339 g/mol. The lowest BCUT2D eigenvalue weighted by Gasteiger charge is -2.25. The quantitative estimate of drug-likeness (QED) is 0.662. The number of ketones is 1. The molecule has 0 unspecified atom stereocenters. The third-order valence-electron chi connectivity index (χ3n) is 4.59. The van der Waals surface area contributed by atoms with Gasteiger partial charge in [0.1, 0.15) is 0 Å². The molecule has 2 bridgehead atoms. The minimum absolute atomic E-state index is 0.189. The molecule has 2 aliphatic rings. The first-order valence-corrected chi connectivity index (χ1v) is 7.40. The molecule has 0 heterocycles. The van der Waals surface area contributed by atoms with Gasteiger partial charge in [0.25, 0.3) is 6.04 Å². The Balaban J connectivity index is 2.16. The number of benzene rings is 1. The van der Waals surface area contributed by atoms with Gasteiger partial charge in [0.15, 0.2) is 11.4 Å². The van der Waals surface area contributed by atoms with Crippen molar-refractivity contribution in [2.75, 3.05) is 0 Å². The lowest BCUT2D eigenvalue weighted by molar-refractivity contribution is -0.542. The largest absolute Gasteiger partial charge is 0.376 e. The van der Waals surface area contributed by atoms with Crippen LogP contribution < -0.4 is 0 Å². The summed E-state index contributed by atoms with van der Waals surface area (Å²) < 4.78 is 0.751. The van der Waals surface area contributed by atoms with Crippen molar-refractivity contribution < 1.29 is 14.8 Å². The first kappa shape index (κ1) is 13.7. The highest BCUT2D eigenvalue weighted by Crippen LogP contribution is 2.52. The summed E-state index contributed by atoms with van der Waals surface area (Å²) in [6.07, 6.45) is 1.45. The molecule has 0 aromatic heterocycles. The predicted octanol–water partition coefficient (Wildman–Crippen LogP) is 2.29. The Hall–Kier alpha value is -1.27. The first-order valence-electron chi connectivity index (χ1n) is 6.61. The zero-order valence-electron chi connectivity index (χ0n) is 10.7. The molecule has 0 spiro atoms. The molecule has 1 aromatic rings. The molecule has 2 saturated carbocycles. The van der Waals surface area contributed by atoms with Gasteiger partial charge >= 0.3 is 0 Å². The first-order chi connectivity index (χ1) is 9.47. The maximum Gasteiger partial charge on any atom is 0.255 e. The fraction of sp³-hybridized carbons (Fsp3) is 0.500. The van der Waals surface area contributed by atoms with Crippen LogP contribution in [0.3, 0.4) is 0 Å². The number of carbonyl (C=O) groups excluding carboxylic acids is 1. The highest BCUT2D eigenvalue weighted by atomic mass is 79.9. The second kappa shape index (κ2) is 4.63. The molecule has 106 valence electrons. The van der Waals surface area contributed by atoms with Crippen LogP contribution in [0.4, 0.5) is 0 Å². The van der Waals surface area contributed by atoms with Gasteiger partial charge in [0.05, 0.1) is 5.92 Å². The van der Waals surface area contributed by atoms with Crippen LogP contribution in [-0.4, -0.2) is 27.5 Å². The van der Waals surface area contributed by atoms with E-state index >= 15 is 0 Å². The van der Waals surface area contributed by atoms with Crippen LogP contribution in [0, 0.1) is 16.0 Å². The lowest BCUT2D eigenvalue weighted by atomic mass is 9.82. The third kappa shape index (κ3) is 1.74. The Morgan fingerprint density at radius 3 is 2.75 bits per heavy atom. The van der Waals surface area contributed by atoms with Crippen molar-refractivity contribution in [2.24, 2.45) is 5.92 Å². The number of hydrogen-bond acceptors (Lipinski definition) is 4. The van der Waals surface area contributed by atoms with Crippen molar-refractivity contribution in [1.29, 1.82) is 0 Å². The van der Waals surface area contributed by atoms with Crippen LogP contribution in [0.25, 0.3) is 0 Å². The highest BCUT2D eigenvalue weighted by Gasteiger charge is 2.68. The van der Waals surface area contributed by atoms with Gasteiger partial charge in [0.2, 0.25) is 0 Å². The molecule has 0 aliphatic heterocycles. The van der Waals surface area contributed by atoms with E-state index in [2.05, 4.69) is 15.9 Å². The standard InChI is InChI=1S/C14H14BrNO4/c15-10-6-2-1-4-8(10)11-9-5-3-7-14(18,13(9)17)12(11)16(19)20/h1-2,4,6,9,11-12,18H,3,5,7H2/t9-,11-,12+,14-/m1/s1. The van der Waals surface area contributed by atoms with E-state index in [4.69, 9.17) is 0 Å². The summed E-state index contributed by atoms with van der Waals surface area (Å²) >= 11 is 3.40. The van der Waals surface area contributed by atoms with Crippen LogP contribution in [0.1, 0.15) is 30.7 Å². The van der Waals surface area contributed by atoms with Gasteiger partial charge in [-0.25, -0.2) is 0 Å². The Morgan fingerprint density at radius 2 is 2.10 bits per heavy atom. The van der Waals surface area contributed by atoms with Crippen molar-refractivity contribution in [2.45, 2.75) is 36.8 Å². The SMILES string of the molecule is O=C1[C@@H]2CCC[C@@]1(O)[C@@H]([N+](=O)[O-])[C@@H]2c1ccccc1Br. The van der Waals surface area contributed by atoms with E-state index in [9.17, 15) is 20.0 Å². The molecule has 2 aliphatic carbocycles. The minimum Gasteiger partial charge on any atom is -0.376 e. The van der Waals surface area contributed by atoms with Crippen LogP contribution >= 0.6 is 15.9 Å². The molecule has 0 amide bonds. The van der Waals surface area contributed by atoms with E-state index in [0.717, 1.165) is 10.0 Å². The molecule has 1 aromatic carbocycles. The average molecular weight is 340 g/mol. The summed E-state index contributed by atoms with van der Waals surface area (Å²) in [5.41, 5.74) is -1.06. The van der Waals surface area contributed by atoms with E-state index in [1.807, 2.05) is 12.1 Å². The van der Waals surface area contributed by atoms with Gasteiger partial charge in [-0.2, -0.15) is 0 Å². The summed E-state index contributed by atoms with van der Waals surface area (Å²) in [4.78, 5) is 23.3. The molecule has 6 heteroatoms. The van der Waals surface area contributed by atoms with Gasteiger partial charge < -0.3 is 5.11 Å². The molecule has 1 N–H and O–H groups in total. The second-order valence-corrected chi connectivity index (χ2v) is 6.42. The van der Waals surface area contributed by atoms with E-state index in [-0.39, 0.29) is 12.2 Å². The van der Waals surface area contributed by atoms with E-state index in [1.54, 1.807) is 12.1 Å². The number of aliphatic hydroxyl groups is 1. The number of rotatable bonds is 2. The van der Waals surface area contributed by atoms with Crippen molar-refractivity contribution in [3.63, 3.8) is 0 Å². The fourth-order valence-corrected chi connectivity index (χ4v) is 4.31. The molecule has 5 nitrogen and oxygen atoms in total. The second-order valence-electron chi connectivity index (χ2n) is 5.56. The molecular formula is C14H14BrNO4. The minimum atomic E-state index is -1.80. The van der Waals surface area contributed by atoms with Crippen LogP contribution in [0.2, 0.25) is 0 Å². The average Bonchev–Trinajstić information content (AvgIpc) is 2.54. The van der Waals surface area contributed by atoms with Crippen molar-refractivity contribution >= 4 is 21.7 Å². The number of halogens is 1. The topological polar surface area (TPSA) is 80.4 Å². The van der Waals surface area contributed by atoms with E-state index < -0.39 is 28.4 Å². The molecular weight excluding hydrogens is 326 g/mol. The number of carbonyl (C=O) groups is 1. The summed E-state index contributed by atoms with van der Waals surface area (Å²) in [5.74, 6) is -1.37. The zero-order chi connectivity index (χ0) is 14.5. The smallest absolute Gasteiger partial charge is 0.255 e. The Kier molecular flexibility index (Phi) is 3.17. The predicted molar refractivity (Wildman–Crippen MR) is 75.0 cm³/mol. The molecule has 3 rings (SSSR count). The number of Topliss-reactive ketones (excluding diaryl/α,β-unsaturated/α-hetero) is 1. The molecule has 0 saturated heterocycles. The van der Waals surface area contributed by atoms with Gasteiger partial charge in [-0.15, -0.1) is 0 Å². The zero-order valence-corrected chi connectivity index (χ0v) is 12.2. The fourth-order valence-electron chi connectivity index (χ4n) is 3.76. The number of nitrogens with zero attached hydrogens (tertiary/aromatic N) is 1. The Morgan fingerprint density at radius 1 is 1.40 bits per heavy atom. The van der Waals surface area contributed by atoms with E-state index in [1.165, 1.54) is 0 Å². The lowest BCUT2D eigenvalue weighted by Crippen LogP contribution is -2.49. The van der Waals surface area contributed by atoms with Gasteiger partial charge in [-0.1, -0.05) is 34.1 Å². The molecule has 0 radical (unpaired) electrons. The molecule has 2 fully saturated rings. The van der Waals surface area contributed by atoms with Crippen LogP contribution in [0.5, 0.6) is 0 Å². The van der Waals surface area contributed by atoms with Gasteiger partial charge in [0, 0.05) is 15.3 Å². The normalized spacial score (nSPS) is 36.1. The number of hydrogen-bond donors (Lipinski definition) is 1. The third-order valence-corrected chi connectivity index (χ3v) is 5.31. The van der Waals surface area contributed by atoms with E-state index in [0.29, 0.717) is 12.8 Å². The Labute approximate surface area is 124 Å². The number of fused-ring (bicyclic) bond motifs is 2. The van der Waals surface area contributed by atoms with Crippen molar-refractivity contribution in [1.82, 2.24) is 0 Å². The van der Waals surface area contributed by atoms with Crippen molar-refractivity contribution in [3.8, 4) is 0 Å². The summed E-state index contributed by atoms with van der Waals surface area (Å²) in [6.45, 7) is 0. The number of nitro groups is 1.